The summed E-state index contributed by atoms with van der Waals surface area (Å²) in [6.45, 7) is 4.09. The van der Waals surface area contributed by atoms with Gasteiger partial charge in [0.25, 0.3) is 0 Å². The molecule has 0 aromatic rings. The van der Waals surface area contributed by atoms with Crippen LogP contribution in [0.4, 0.5) is 0 Å². The lowest BCUT2D eigenvalue weighted by molar-refractivity contribution is 0.255. The Balaban J connectivity index is 1.92. The van der Waals surface area contributed by atoms with Crippen LogP contribution < -0.4 is 4.72 Å². The highest BCUT2D eigenvalue weighted by Crippen LogP contribution is 2.21. The third-order valence-corrected chi connectivity index (χ3v) is 5.99. The highest BCUT2D eigenvalue weighted by atomic mass is 32.2. The number of hydrogen-bond acceptors (Lipinski definition) is 3. The van der Waals surface area contributed by atoms with Crippen LogP contribution in [0.5, 0.6) is 0 Å². The first-order chi connectivity index (χ1) is 9.12. The fourth-order valence-electron chi connectivity index (χ4n) is 2.97. The second-order valence-corrected chi connectivity index (χ2v) is 7.56. The van der Waals surface area contributed by atoms with Crippen LogP contribution in [0.25, 0.3) is 0 Å². The SMILES string of the molecule is CC#CCN1CCC[C@@H](S(=O)(=O)NC2CCCC2)C1. The van der Waals surface area contributed by atoms with E-state index in [9.17, 15) is 8.42 Å². The molecule has 108 valence electrons. The van der Waals surface area contributed by atoms with E-state index in [4.69, 9.17) is 0 Å². The molecule has 2 fully saturated rings. The summed E-state index contributed by atoms with van der Waals surface area (Å²) in [6.07, 6.45) is 6.01. The number of rotatable bonds is 4. The standard InChI is InChI=1S/C14H24N2O2S/c1-2-3-10-16-11-6-9-14(12-16)19(17,18)15-13-7-4-5-8-13/h13-15H,4-12H2,1H3/t14-/m1/s1. The second-order valence-electron chi connectivity index (χ2n) is 5.57. The summed E-state index contributed by atoms with van der Waals surface area (Å²) >= 11 is 0. The fourth-order valence-corrected chi connectivity index (χ4v) is 4.75. The van der Waals surface area contributed by atoms with E-state index in [-0.39, 0.29) is 11.3 Å². The van der Waals surface area contributed by atoms with Crippen molar-refractivity contribution >= 4 is 10.0 Å². The van der Waals surface area contributed by atoms with Gasteiger partial charge in [-0.3, -0.25) is 4.90 Å². The molecule has 4 nitrogen and oxygen atoms in total. The first-order valence-corrected chi connectivity index (χ1v) is 8.79. The van der Waals surface area contributed by atoms with E-state index in [0.29, 0.717) is 13.1 Å². The molecule has 2 aliphatic rings. The van der Waals surface area contributed by atoms with Crippen molar-refractivity contribution in [1.29, 1.82) is 0 Å². The average Bonchev–Trinajstić information content (AvgIpc) is 2.89. The smallest absolute Gasteiger partial charge is 0.215 e. The van der Waals surface area contributed by atoms with Crippen LogP contribution in [0.3, 0.4) is 0 Å². The quantitative estimate of drug-likeness (QED) is 0.793. The van der Waals surface area contributed by atoms with Crippen molar-refractivity contribution in [2.75, 3.05) is 19.6 Å². The van der Waals surface area contributed by atoms with Crippen LogP contribution in [-0.2, 0) is 10.0 Å². The Bertz CT molecular complexity index is 444. The maximum Gasteiger partial charge on any atom is 0.215 e. The largest absolute Gasteiger partial charge is 0.291 e. The van der Waals surface area contributed by atoms with Gasteiger partial charge in [-0.15, -0.1) is 5.92 Å². The lowest BCUT2D eigenvalue weighted by atomic mass is 10.1. The van der Waals surface area contributed by atoms with Gasteiger partial charge >= 0.3 is 0 Å². The Hall–Kier alpha value is -0.570. The highest BCUT2D eigenvalue weighted by Gasteiger charge is 2.32. The number of nitrogens with one attached hydrogen (secondary N) is 1. The number of nitrogens with zero attached hydrogens (tertiary/aromatic N) is 1. The molecule has 0 bridgehead atoms. The minimum absolute atomic E-state index is 0.177. The molecule has 0 amide bonds. The van der Waals surface area contributed by atoms with E-state index in [1.807, 2.05) is 6.92 Å². The minimum atomic E-state index is -3.16. The van der Waals surface area contributed by atoms with E-state index < -0.39 is 10.0 Å². The van der Waals surface area contributed by atoms with Crippen molar-refractivity contribution in [2.24, 2.45) is 0 Å². The molecular weight excluding hydrogens is 260 g/mol. The fraction of sp³-hybridized carbons (Fsp3) is 0.857. The molecule has 1 aliphatic heterocycles. The summed E-state index contributed by atoms with van der Waals surface area (Å²) in [5.74, 6) is 5.89. The molecule has 0 unspecified atom stereocenters. The lowest BCUT2D eigenvalue weighted by Gasteiger charge is -2.31. The van der Waals surface area contributed by atoms with Gasteiger partial charge in [0.15, 0.2) is 0 Å². The Morgan fingerprint density at radius 3 is 2.63 bits per heavy atom. The molecule has 1 saturated carbocycles. The monoisotopic (exact) mass is 284 g/mol. The Labute approximate surface area is 117 Å². The zero-order valence-electron chi connectivity index (χ0n) is 11.7. The molecule has 1 saturated heterocycles. The summed E-state index contributed by atoms with van der Waals surface area (Å²) in [6, 6.07) is 0.177. The van der Waals surface area contributed by atoms with Gasteiger partial charge in [-0.2, -0.15) is 0 Å². The third kappa shape index (κ3) is 4.20. The van der Waals surface area contributed by atoms with Crippen molar-refractivity contribution in [3.05, 3.63) is 0 Å². The molecule has 19 heavy (non-hydrogen) atoms. The Kier molecular flexibility index (Phi) is 5.26. The topological polar surface area (TPSA) is 49.4 Å². The Morgan fingerprint density at radius 1 is 1.21 bits per heavy atom. The number of hydrogen-bond donors (Lipinski definition) is 1. The molecule has 0 aromatic carbocycles. The van der Waals surface area contributed by atoms with Crippen molar-refractivity contribution in [3.8, 4) is 11.8 Å². The van der Waals surface area contributed by atoms with Crippen LogP contribution in [0, 0.1) is 11.8 Å². The number of sulfonamides is 1. The second kappa shape index (κ2) is 6.74. The molecule has 0 radical (unpaired) electrons. The molecule has 0 aromatic heterocycles. The molecule has 1 N–H and O–H groups in total. The van der Waals surface area contributed by atoms with Crippen molar-refractivity contribution in [3.63, 3.8) is 0 Å². The molecule has 1 atom stereocenters. The summed E-state index contributed by atoms with van der Waals surface area (Å²) in [5, 5.41) is -0.263. The molecule has 1 aliphatic carbocycles. The predicted molar refractivity (Wildman–Crippen MR) is 77.2 cm³/mol. The van der Waals surface area contributed by atoms with Crippen LogP contribution in [0.15, 0.2) is 0 Å². The predicted octanol–water partition coefficient (Wildman–Crippen LogP) is 1.34. The summed E-state index contributed by atoms with van der Waals surface area (Å²) in [5.41, 5.74) is 0. The maximum atomic E-state index is 12.4. The molecular formula is C14H24N2O2S. The van der Waals surface area contributed by atoms with Crippen LogP contribution in [0.1, 0.15) is 45.4 Å². The summed E-state index contributed by atoms with van der Waals surface area (Å²) in [4.78, 5) is 2.15. The van der Waals surface area contributed by atoms with Gasteiger partial charge in [-0.25, -0.2) is 13.1 Å². The van der Waals surface area contributed by atoms with E-state index in [1.165, 1.54) is 0 Å². The van der Waals surface area contributed by atoms with E-state index in [1.54, 1.807) is 0 Å². The van der Waals surface area contributed by atoms with Gasteiger partial charge in [0, 0.05) is 12.6 Å². The van der Waals surface area contributed by atoms with Gasteiger partial charge in [0.05, 0.1) is 11.8 Å². The maximum absolute atomic E-state index is 12.4. The molecule has 2 rings (SSSR count). The zero-order valence-corrected chi connectivity index (χ0v) is 12.5. The van der Waals surface area contributed by atoms with Crippen LogP contribution in [-0.4, -0.2) is 44.2 Å². The first kappa shape index (κ1) is 14.8. The summed E-state index contributed by atoms with van der Waals surface area (Å²) in [7, 11) is -3.16. The molecule has 1 heterocycles. The van der Waals surface area contributed by atoms with Gasteiger partial charge in [0.2, 0.25) is 10.0 Å². The van der Waals surface area contributed by atoms with Crippen LogP contribution >= 0.6 is 0 Å². The van der Waals surface area contributed by atoms with Gasteiger partial charge in [-0.05, 0) is 39.2 Å². The van der Waals surface area contributed by atoms with E-state index >= 15 is 0 Å². The van der Waals surface area contributed by atoms with Gasteiger partial charge < -0.3 is 0 Å². The molecule has 0 spiro atoms. The number of piperidine rings is 1. The summed E-state index contributed by atoms with van der Waals surface area (Å²) < 4.78 is 27.7. The minimum Gasteiger partial charge on any atom is -0.291 e. The zero-order chi connectivity index (χ0) is 13.7. The van der Waals surface area contributed by atoms with Crippen molar-refractivity contribution in [1.82, 2.24) is 9.62 Å². The molecule has 5 heteroatoms. The van der Waals surface area contributed by atoms with Gasteiger partial charge in [-0.1, -0.05) is 18.8 Å². The number of likely N-dealkylation sites (tertiary alicyclic amines) is 1. The first-order valence-electron chi connectivity index (χ1n) is 7.25. The highest BCUT2D eigenvalue weighted by molar-refractivity contribution is 7.90. The van der Waals surface area contributed by atoms with Crippen LogP contribution in [0.2, 0.25) is 0 Å². The van der Waals surface area contributed by atoms with E-state index in [0.717, 1.165) is 45.1 Å². The van der Waals surface area contributed by atoms with Gasteiger partial charge in [0.1, 0.15) is 0 Å². The lowest BCUT2D eigenvalue weighted by Crippen LogP contribution is -2.48. The Morgan fingerprint density at radius 2 is 1.95 bits per heavy atom. The van der Waals surface area contributed by atoms with Crippen molar-refractivity contribution in [2.45, 2.75) is 56.7 Å². The third-order valence-electron chi connectivity index (χ3n) is 4.07. The normalized spacial score (nSPS) is 26.1. The average molecular weight is 284 g/mol. The van der Waals surface area contributed by atoms with E-state index in [2.05, 4.69) is 21.5 Å². The van der Waals surface area contributed by atoms with Crippen molar-refractivity contribution < 1.29 is 8.42 Å².